The Morgan fingerprint density at radius 3 is 2.65 bits per heavy atom. The lowest BCUT2D eigenvalue weighted by atomic mass is 10.2. The van der Waals surface area contributed by atoms with Crippen molar-refractivity contribution in [1.29, 1.82) is 0 Å². The number of aromatic nitrogens is 1. The third kappa shape index (κ3) is 3.18. The van der Waals surface area contributed by atoms with E-state index in [9.17, 15) is 17.6 Å². The van der Waals surface area contributed by atoms with Crippen LogP contribution in [0.1, 0.15) is 10.6 Å². The molecule has 0 radical (unpaired) electrons. The van der Waals surface area contributed by atoms with Crippen LogP contribution in [0.4, 0.5) is 17.6 Å². The Morgan fingerprint density at radius 2 is 2.05 bits per heavy atom. The van der Waals surface area contributed by atoms with Crippen molar-refractivity contribution in [1.82, 2.24) is 10.3 Å². The summed E-state index contributed by atoms with van der Waals surface area (Å²) < 4.78 is 53.0. The Hall–Kier alpha value is -0.990. The predicted molar refractivity (Wildman–Crippen MR) is 73.0 cm³/mol. The Labute approximate surface area is 125 Å². The van der Waals surface area contributed by atoms with Crippen LogP contribution in [0.5, 0.6) is 0 Å². The summed E-state index contributed by atoms with van der Waals surface area (Å²) in [5.74, 6) is -0.605. The number of rotatable bonds is 3. The summed E-state index contributed by atoms with van der Waals surface area (Å²) in [5.41, 5.74) is -0.913. The zero-order chi connectivity index (χ0) is 14.9. The number of halogens is 5. The van der Waals surface area contributed by atoms with Crippen molar-refractivity contribution in [3.05, 3.63) is 39.1 Å². The zero-order valence-corrected chi connectivity index (χ0v) is 12.6. The molecule has 0 saturated heterocycles. The maximum Gasteiger partial charge on any atom is 0.434 e. The fourth-order valence-corrected chi connectivity index (χ4v) is 3.10. The molecule has 0 amide bonds. The molecule has 0 spiro atoms. The van der Waals surface area contributed by atoms with Gasteiger partial charge in [0.15, 0.2) is 5.69 Å². The van der Waals surface area contributed by atoms with Gasteiger partial charge in [-0.25, -0.2) is 9.37 Å². The van der Waals surface area contributed by atoms with Crippen LogP contribution in [0.25, 0.3) is 10.6 Å². The Balaban J connectivity index is 2.55. The van der Waals surface area contributed by atoms with Crippen molar-refractivity contribution in [2.24, 2.45) is 0 Å². The quantitative estimate of drug-likeness (QED) is 0.809. The molecule has 0 bridgehead atoms. The predicted octanol–water partition coefficient (Wildman–Crippen LogP) is 4.45. The standard InChI is InChI=1S/C12H9BrF4N2S/c1-18-5-9-10(12(15,16)17)19-11(20-9)7-4-6(13)2-3-8(7)14/h2-4,18H,5H2,1H3. The van der Waals surface area contributed by atoms with E-state index in [0.717, 1.165) is 11.3 Å². The van der Waals surface area contributed by atoms with Crippen molar-refractivity contribution >= 4 is 27.3 Å². The summed E-state index contributed by atoms with van der Waals surface area (Å²) in [7, 11) is 1.54. The summed E-state index contributed by atoms with van der Waals surface area (Å²) in [6.07, 6.45) is -4.55. The van der Waals surface area contributed by atoms with Gasteiger partial charge in [0.25, 0.3) is 0 Å². The maximum atomic E-state index is 13.7. The van der Waals surface area contributed by atoms with Gasteiger partial charge in [0.05, 0.1) is 4.88 Å². The number of hydrogen-bond acceptors (Lipinski definition) is 3. The van der Waals surface area contributed by atoms with E-state index >= 15 is 0 Å². The Morgan fingerprint density at radius 1 is 1.35 bits per heavy atom. The summed E-state index contributed by atoms with van der Waals surface area (Å²) in [6.45, 7) is 0.0299. The van der Waals surface area contributed by atoms with E-state index in [4.69, 9.17) is 0 Å². The van der Waals surface area contributed by atoms with E-state index < -0.39 is 17.7 Å². The number of alkyl halides is 3. The highest BCUT2D eigenvalue weighted by atomic mass is 79.9. The second kappa shape index (κ2) is 5.79. The van der Waals surface area contributed by atoms with Crippen LogP contribution in [-0.4, -0.2) is 12.0 Å². The number of thiazole rings is 1. The van der Waals surface area contributed by atoms with Gasteiger partial charge < -0.3 is 5.32 Å². The fourth-order valence-electron chi connectivity index (χ4n) is 1.63. The maximum absolute atomic E-state index is 13.7. The van der Waals surface area contributed by atoms with Crippen molar-refractivity contribution in [3.8, 4) is 10.6 Å². The molecule has 2 aromatic rings. The van der Waals surface area contributed by atoms with E-state index in [1.807, 2.05) is 0 Å². The van der Waals surface area contributed by atoms with Gasteiger partial charge in [0.1, 0.15) is 10.8 Å². The van der Waals surface area contributed by atoms with E-state index in [2.05, 4.69) is 26.2 Å². The third-order valence-electron chi connectivity index (χ3n) is 2.46. The summed E-state index contributed by atoms with van der Waals surface area (Å²) >= 11 is 4.00. The van der Waals surface area contributed by atoms with Gasteiger partial charge in [-0.3, -0.25) is 0 Å². The molecule has 1 aromatic carbocycles. The largest absolute Gasteiger partial charge is 0.434 e. The van der Waals surface area contributed by atoms with Crippen LogP contribution < -0.4 is 5.32 Å². The van der Waals surface area contributed by atoms with Crippen molar-refractivity contribution in [2.45, 2.75) is 12.7 Å². The zero-order valence-electron chi connectivity index (χ0n) is 10.2. The van der Waals surface area contributed by atoms with Crippen molar-refractivity contribution in [3.63, 3.8) is 0 Å². The molecule has 0 fully saturated rings. The first-order chi connectivity index (χ1) is 9.32. The second-order valence-electron chi connectivity index (χ2n) is 3.94. The number of benzene rings is 1. The summed E-state index contributed by atoms with van der Waals surface area (Å²) in [6, 6.07) is 4.08. The molecule has 0 atom stereocenters. The Kier molecular flexibility index (Phi) is 4.46. The molecule has 0 saturated carbocycles. The molecule has 2 rings (SSSR count). The van der Waals surface area contributed by atoms with E-state index in [1.54, 1.807) is 7.05 Å². The summed E-state index contributed by atoms with van der Waals surface area (Å²) in [4.78, 5) is 3.60. The average Bonchev–Trinajstić information content (AvgIpc) is 2.76. The van der Waals surface area contributed by atoms with E-state index in [-0.39, 0.29) is 22.0 Å². The van der Waals surface area contributed by atoms with Gasteiger partial charge in [-0.05, 0) is 25.2 Å². The normalized spacial score (nSPS) is 11.9. The minimum atomic E-state index is -4.55. The highest BCUT2D eigenvalue weighted by molar-refractivity contribution is 9.10. The van der Waals surface area contributed by atoms with Gasteiger partial charge >= 0.3 is 6.18 Å². The summed E-state index contributed by atoms with van der Waals surface area (Å²) in [5, 5.41) is 2.67. The van der Waals surface area contributed by atoms with E-state index in [0.29, 0.717) is 4.47 Å². The van der Waals surface area contributed by atoms with Crippen LogP contribution in [0.15, 0.2) is 22.7 Å². The SMILES string of the molecule is CNCc1sc(-c2cc(Br)ccc2F)nc1C(F)(F)F. The highest BCUT2D eigenvalue weighted by Gasteiger charge is 2.37. The molecule has 1 N–H and O–H groups in total. The average molecular weight is 369 g/mol. The van der Waals surface area contributed by atoms with E-state index in [1.165, 1.54) is 18.2 Å². The number of nitrogens with one attached hydrogen (secondary N) is 1. The van der Waals surface area contributed by atoms with Gasteiger partial charge in [0, 0.05) is 16.6 Å². The van der Waals surface area contributed by atoms with Crippen LogP contribution in [0.3, 0.4) is 0 Å². The molecule has 1 aromatic heterocycles. The highest BCUT2D eigenvalue weighted by Crippen LogP contribution is 2.38. The lowest BCUT2D eigenvalue weighted by molar-refractivity contribution is -0.141. The first-order valence-corrected chi connectivity index (χ1v) is 7.11. The van der Waals surface area contributed by atoms with Crippen LogP contribution in [0, 0.1) is 5.82 Å². The molecule has 108 valence electrons. The molecule has 0 aliphatic heterocycles. The Bertz CT molecular complexity index is 624. The number of hydrogen-bond donors (Lipinski definition) is 1. The first kappa shape index (κ1) is 15.4. The molecule has 0 unspecified atom stereocenters. The molecule has 1 heterocycles. The number of nitrogens with zero attached hydrogens (tertiary/aromatic N) is 1. The fraction of sp³-hybridized carbons (Fsp3) is 0.250. The smallest absolute Gasteiger partial charge is 0.315 e. The molecule has 2 nitrogen and oxygen atoms in total. The molecular weight excluding hydrogens is 360 g/mol. The monoisotopic (exact) mass is 368 g/mol. The molecular formula is C12H9BrF4N2S. The minimum Gasteiger partial charge on any atom is -0.315 e. The van der Waals surface area contributed by atoms with Gasteiger partial charge in [-0.15, -0.1) is 11.3 Å². The minimum absolute atomic E-state index is 0.0152. The van der Waals surface area contributed by atoms with Gasteiger partial charge in [-0.2, -0.15) is 13.2 Å². The molecule has 8 heteroatoms. The van der Waals surface area contributed by atoms with Crippen LogP contribution in [-0.2, 0) is 12.7 Å². The van der Waals surface area contributed by atoms with Crippen LogP contribution >= 0.6 is 27.3 Å². The second-order valence-corrected chi connectivity index (χ2v) is 5.94. The molecule has 0 aliphatic carbocycles. The van der Waals surface area contributed by atoms with Crippen molar-refractivity contribution < 1.29 is 17.6 Å². The first-order valence-electron chi connectivity index (χ1n) is 5.50. The lowest BCUT2D eigenvalue weighted by Gasteiger charge is -2.04. The molecule has 20 heavy (non-hydrogen) atoms. The molecule has 0 aliphatic rings. The third-order valence-corrected chi connectivity index (χ3v) is 4.04. The van der Waals surface area contributed by atoms with Crippen LogP contribution in [0.2, 0.25) is 0 Å². The van der Waals surface area contributed by atoms with Crippen molar-refractivity contribution in [2.75, 3.05) is 7.05 Å². The topological polar surface area (TPSA) is 24.9 Å². The van der Waals surface area contributed by atoms with Gasteiger partial charge in [-0.1, -0.05) is 15.9 Å². The van der Waals surface area contributed by atoms with Gasteiger partial charge in [0.2, 0.25) is 0 Å². The lowest BCUT2D eigenvalue weighted by Crippen LogP contribution is -2.12.